The van der Waals surface area contributed by atoms with Crippen molar-refractivity contribution in [1.82, 2.24) is 20.9 Å². The number of carbonyl (C=O) groups excluding carboxylic acids is 2. The number of amidine groups is 1. The lowest BCUT2D eigenvalue weighted by atomic mass is 10.1. The second-order valence-electron chi connectivity index (χ2n) is 7.70. The van der Waals surface area contributed by atoms with Crippen molar-refractivity contribution in [2.75, 3.05) is 0 Å². The number of thioether (sulfide) groups is 1. The molecule has 0 aliphatic carbocycles. The Kier molecular flexibility index (Phi) is 6.96. The minimum atomic E-state index is -0.245. The number of halogens is 1. The number of nitrogens with zero attached hydrogens (tertiary/aromatic N) is 2. The number of rotatable bonds is 5. The van der Waals surface area contributed by atoms with Crippen LogP contribution in [0.2, 0.25) is 5.02 Å². The van der Waals surface area contributed by atoms with Gasteiger partial charge >= 0.3 is 6.03 Å². The zero-order chi connectivity index (χ0) is 23.4. The zero-order valence-corrected chi connectivity index (χ0v) is 19.6. The van der Waals surface area contributed by atoms with E-state index in [4.69, 9.17) is 11.6 Å². The van der Waals surface area contributed by atoms with Gasteiger partial charge in [-0.05, 0) is 73.1 Å². The molecule has 1 saturated heterocycles. The molecule has 2 heterocycles. The number of fused-ring (bicyclic) bond motifs is 1. The number of benzene rings is 2. The molecule has 1 aromatic heterocycles. The van der Waals surface area contributed by atoms with E-state index in [1.807, 2.05) is 56.3 Å². The average molecular weight is 480 g/mol. The number of aliphatic imine (C=N–C) groups is 1. The molecule has 1 aliphatic rings. The largest absolute Gasteiger partial charge is 0.336 e. The molecule has 0 saturated carbocycles. The monoisotopic (exact) mass is 479 g/mol. The van der Waals surface area contributed by atoms with Gasteiger partial charge in [0.15, 0.2) is 5.17 Å². The van der Waals surface area contributed by atoms with E-state index in [2.05, 4.69) is 25.9 Å². The molecule has 0 spiro atoms. The zero-order valence-electron chi connectivity index (χ0n) is 18.1. The van der Waals surface area contributed by atoms with E-state index in [9.17, 15) is 9.59 Å². The number of pyridine rings is 1. The van der Waals surface area contributed by atoms with Crippen molar-refractivity contribution in [2.45, 2.75) is 26.4 Å². The predicted octanol–water partition coefficient (Wildman–Crippen LogP) is 4.99. The van der Waals surface area contributed by atoms with E-state index in [1.54, 1.807) is 18.3 Å². The van der Waals surface area contributed by atoms with Crippen LogP contribution in [0.1, 0.15) is 25.0 Å². The summed E-state index contributed by atoms with van der Waals surface area (Å²) in [7, 11) is 0. The summed E-state index contributed by atoms with van der Waals surface area (Å²) in [5.74, 6) is -0.218. The average Bonchev–Trinajstić information content (AvgIpc) is 3.12. The van der Waals surface area contributed by atoms with Crippen molar-refractivity contribution in [1.29, 1.82) is 0 Å². The molecule has 2 aromatic carbocycles. The predicted molar refractivity (Wildman–Crippen MR) is 135 cm³/mol. The van der Waals surface area contributed by atoms with E-state index >= 15 is 0 Å². The first-order valence-electron chi connectivity index (χ1n) is 10.3. The Labute approximate surface area is 200 Å². The maximum Gasteiger partial charge on any atom is 0.315 e. The number of carbonyl (C=O) groups is 2. The van der Waals surface area contributed by atoms with Crippen molar-refractivity contribution in [3.8, 4) is 0 Å². The number of hydrogen-bond donors (Lipinski definition) is 3. The van der Waals surface area contributed by atoms with Gasteiger partial charge < -0.3 is 16.0 Å². The van der Waals surface area contributed by atoms with Crippen molar-refractivity contribution in [3.05, 3.63) is 75.8 Å². The third-order valence-corrected chi connectivity index (χ3v) is 5.91. The second-order valence-corrected chi connectivity index (χ2v) is 9.14. The van der Waals surface area contributed by atoms with E-state index < -0.39 is 0 Å². The Bertz CT molecular complexity index is 1290. The Morgan fingerprint density at radius 3 is 2.91 bits per heavy atom. The molecule has 0 radical (unpaired) electrons. The van der Waals surface area contributed by atoms with Gasteiger partial charge in [-0.15, -0.1) is 0 Å². The van der Waals surface area contributed by atoms with Crippen LogP contribution < -0.4 is 16.0 Å². The molecular weight excluding hydrogens is 458 g/mol. The van der Waals surface area contributed by atoms with Crippen LogP contribution in [-0.4, -0.2) is 28.1 Å². The highest BCUT2D eigenvalue weighted by Gasteiger charge is 2.24. The lowest BCUT2D eigenvalue weighted by molar-refractivity contribution is -0.115. The van der Waals surface area contributed by atoms with E-state index in [0.717, 1.165) is 22.0 Å². The molecule has 0 atom stereocenters. The van der Waals surface area contributed by atoms with Gasteiger partial charge in [-0.3, -0.25) is 9.78 Å². The normalized spacial score (nSPS) is 15.9. The third-order valence-electron chi connectivity index (χ3n) is 4.68. The Morgan fingerprint density at radius 2 is 2.09 bits per heavy atom. The molecule has 3 aromatic rings. The molecule has 9 heteroatoms. The number of hydrogen-bond acceptors (Lipinski definition) is 5. The van der Waals surface area contributed by atoms with Gasteiger partial charge in [-0.2, -0.15) is 0 Å². The quantitative estimate of drug-likeness (QED) is 0.449. The van der Waals surface area contributed by atoms with Gasteiger partial charge in [0.05, 0.1) is 21.1 Å². The molecule has 168 valence electrons. The highest BCUT2D eigenvalue weighted by Crippen LogP contribution is 2.32. The first-order chi connectivity index (χ1) is 15.9. The van der Waals surface area contributed by atoms with Gasteiger partial charge in [0, 0.05) is 24.2 Å². The number of nitrogens with one attached hydrogen (secondary N) is 3. The van der Waals surface area contributed by atoms with Crippen LogP contribution >= 0.6 is 23.4 Å². The summed E-state index contributed by atoms with van der Waals surface area (Å²) >= 11 is 7.56. The summed E-state index contributed by atoms with van der Waals surface area (Å²) in [6.45, 7) is 4.11. The van der Waals surface area contributed by atoms with Crippen molar-refractivity contribution >= 4 is 63.1 Å². The molecule has 3 amide bonds. The van der Waals surface area contributed by atoms with Crippen molar-refractivity contribution < 1.29 is 9.59 Å². The Hall–Kier alpha value is -3.36. The molecule has 1 fully saturated rings. The lowest BCUT2D eigenvalue weighted by Gasteiger charge is -2.10. The van der Waals surface area contributed by atoms with Gasteiger partial charge in [0.2, 0.25) is 0 Å². The number of urea groups is 1. The smallest absolute Gasteiger partial charge is 0.315 e. The fourth-order valence-electron chi connectivity index (χ4n) is 3.17. The van der Waals surface area contributed by atoms with Gasteiger partial charge in [0.25, 0.3) is 5.91 Å². The van der Waals surface area contributed by atoms with Crippen molar-refractivity contribution in [2.24, 2.45) is 4.99 Å². The second kappa shape index (κ2) is 10.1. The van der Waals surface area contributed by atoms with Crippen LogP contribution in [0.15, 0.2) is 64.6 Å². The van der Waals surface area contributed by atoms with Crippen LogP contribution in [0.5, 0.6) is 0 Å². The summed E-state index contributed by atoms with van der Waals surface area (Å²) in [6, 6.07) is 14.8. The van der Waals surface area contributed by atoms with Crippen LogP contribution in [-0.2, 0) is 11.3 Å². The summed E-state index contributed by atoms with van der Waals surface area (Å²) in [5, 5.41) is 10.2. The topological polar surface area (TPSA) is 95.5 Å². The summed E-state index contributed by atoms with van der Waals surface area (Å²) in [4.78, 5) is 33.7. The fourth-order valence-corrected chi connectivity index (χ4v) is 4.17. The molecule has 4 rings (SSSR count). The third kappa shape index (κ3) is 5.91. The van der Waals surface area contributed by atoms with Crippen LogP contribution in [0.4, 0.5) is 10.5 Å². The van der Waals surface area contributed by atoms with E-state index in [1.165, 1.54) is 11.8 Å². The minimum absolute atomic E-state index is 0.0497. The van der Waals surface area contributed by atoms with Crippen molar-refractivity contribution in [3.63, 3.8) is 0 Å². The SMILES string of the molecule is CC(C)NC(=O)NCc1ccc(Cl)c(N=C2NC(=O)C(=Cc3ccc4ncccc4c3)S2)c1. The number of amides is 3. The first-order valence-corrected chi connectivity index (χ1v) is 11.5. The summed E-state index contributed by atoms with van der Waals surface area (Å²) < 4.78 is 0. The maximum atomic E-state index is 12.5. The minimum Gasteiger partial charge on any atom is -0.336 e. The summed E-state index contributed by atoms with van der Waals surface area (Å²) in [5.41, 5.74) is 3.16. The van der Waals surface area contributed by atoms with Crippen LogP contribution in [0, 0.1) is 0 Å². The Morgan fingerprint density at radius 1 is 1.24 bits per heavy atom. The molecule has 3 N–H and O–H groups in total. The molecule has 1 aliphatic heterocycles. The molecular formula is C24H22ClN5O2S. The van der Waals surface area contributed by atoms with Crippen LogP contribution in [0.25, 0.3) is 17.0 Å². The highest BCUT2D eigenvalue weighted by molar-refractivity contribution is 8.18. The Balaban J connectivity index is 1.49. The molecule has 7 nitrogen and oxygen atoms in total. The summed E-state index contributed by atoms with van der Waals surface area (Å²) in [6.07, 6.45) is 3.57. The number of aromatic nitrogens is 1. The molecule has 0 unspecified atom stereocenters. The van der Waals surface area contributed by atoms with E-state index in [0.29, 0.717) is 27.3 Å². The lowest BCUT2D eigenvalue weighted by Crippen LogP contribution is -2.39. The maximum absolute atomic E-state index is 12.5. The standard InChI is InChI=1S/C24H22ClN5O2S/c1-14(2)28-23(32)27-13-16-5-7-18(25)20(11-16)29-24-30-22(31)21(33-24)12-15-6-8-19-17(10-15)4-3-9-26-19/h3-12,14H,13H2,1-2H3,(H2,27,28,32)(H,29,30,31). The first kappa shape index (κ1) is 22.8. The van der Waals surface area contributed by atoms with E-state index in [-0.39, 0.29) is 18.0 Å². The van der Waals surface area contributed by atoms with Gasteiger partial charge in [-0.1, -0.05) is 29.8 Å². The fraction of sp³-hybridized carbons (Fsp3) is 0.167. The van der Waals surface area contributed by atoms with Crippen LogP contribution in [0.3, 0.4) is 0 Å². The van der Waals surface area contributed by atoms with Gasteiger partial charge in [0.1, 0.15) is 0 Å². The molecule has 33 heavy (non-hydrogen) atoms. The molecule has 0 bridgehead atoms. The highest BCUT2D eigenvalue weighted by atomic mass is 35.5. The van der Waals surface area contributed by atoms with Gasteiger partial charge in [-0.25, -0.2) is 9.79 Å².